The molecule has 0 bridgehead atoms. The first-order valence-electron chi connectivity index (χ1n) is 6.05. The minimum absolute atomic E-state index is 0. The Hall–Kier alpha value is -2.51. The summed E-state index contributed by atoms with van der Waals surface area (Å²) >= 11 is 0. The number of rotatable bonds is 4. The van der Waals surface area contributed by atoms with E-state index in [4.69, 9.17) is 0 Å². The predicted octanol–water partition coefficient (Wildman–Crippen LogP) is -1.14. The van der Waals surface area contributed by atoms with Gasteiger partial charge in [0.2, 0.25) is 11.6 Å². The first kappa shape index (κ1) is 20.5. The number of hydrogen-bond donors (Lipinski definition) is 0. The molecule has 0 aromatic heterocycles. The van der Waals surface area contributed by atoms with Crippen molar-refractivity contribution in [2.45, 2.75) is 0 Å². The van der Waals surface area contributed by atoms with E-state index in [0.29, 0.717) is 0 Å². The smallest absolute Gasteiger partial charge is 0.541 e. The largest absolute Gasteiger partial charge is 2.00 e. The van der Waals surface area contributed by atoms with Gasteiger partial charge >= 0.3 is 23.1 Å². The summed E-state index contributed by atoms with van der Waals surface area (Å²) in [7, 11) is 0. The molecule has 0 fully saturated rings. The van der Waals surface area contributed by atoms with Gasteiger partial charge in [-0.25, -0.2) is 0 Å². The van der Waals surface area contributed by atoms with E-state index in [-0.39, 0.29) is 34.2 Å². The van der Waals surface area contributed by atoms with Gasteiger partial charge in [-0.15, -0.1) is 0 Å². The molecule has 2 rings (SSSR count). The van der Waals surface area contributed by atoms with E-state index in [1.165, 1.54) is 24.3 Å². The fourth-order valence-corrected chi connectivity index (χ4v) is 1.41. The van der Waals surface area contributed by atoms with Crippen LogP contribution in [0.1, 0.15) is 20.7 Å². The second-order valence-corrected chi connectivity index (χ2v) is 3.97. The number of carboxylic acid groups (broad SMARTS) is 2. The molecule has 0 atom stereocenters. The van der Waals surface area contributed by atoms with Crippen molar-refractivity contribution >= 4 is 46.6 Å². The minimum Gasteiger partial charge on any atom is -0.541 e. The fourth-order valence-electron chi connectivity index (χ4n) is 1.41. The Morgan fingerprint density at radius 1 is 0.565 bits per heavy atom. The Morgan fingerprint density at radius 2 is 0.826 bits per heavy atom. The Balaban J connectivity index is 0.000000403. The third-order valence-electron chi connectivity index (χ3n) is 2.44. The van der Waals surface area contributed by atoms with Crippen LogP contribution in [0.5, 0.6) is 0 Å². The van der Waals surface area contributed by atoms with Crippen LogP contribution in [-0.4, -0.2) is 46.6 Å². The van der Waals surface area contributed by atoms with E-state index in [1.54, 1.807) is 36.4 Å². The molecule has 2 aromatic carbocycles. The summed E-state index contributed by atoms with van der Waals surface area (Å²) in [6.45, 7) is 0. The molecule has 0 amide bonds. The standard InChI is InChI=1S/2C8H6O3.Mg/c2*9-7(8(10)11)6-4-2-1-3-5-6;/h2*1-5H,(H,10,11);/q;;+2/p-2. The van der Waals surface area contributed by atoms with E-state index in [2.05, 4.69) is 0 Å². The molecule has 0 spiro atoms. The van der Waals surface area contributed by atoms with Crippen LogP contribution in [0.3, 0.4) is 0 Å². The van der Waals surface area contributed by atoms with Crippen LogP contribution >= 0.6 is 0 Å². The van der Waals surface area contributed by atoms with Crippen LogP contribution in [0.4, 0.5) is 0 Å². The van der Waals surface area contributed by atoms with Crippen molar-refractivity contribution in [1.82, 2.24) is 0 Å². The maximum Gasteiger partial charge on any atom is 2.00 e. The van der Waals surface area contributed by atoms with Crippen LogP contribution in [0, 0.1) is 0 Å². The molecule has 2 aromatic rings. The number of Topliss-reactive ketones (excluding diaryl/α,β-unsaturated/α-hetero) is 2. The number of hydrogen-bond acceptors (Lipinski definition) is 6. The van der Waals surface area contributed by atoms with Gasteiger partial charge in [0.05, 0.1) is 0 Å². The Bertz CT molecular complexity index is 621. The minimum atomic E-state index is -1.67. The molecule has 7 heteroatoms. The molecule has 0 aliphatic carbocycles. The summed E-state index contributed by atoms with van der Waals surface area (Å²) in [6.07, 6.45) is 0. The number of aliphatic carboxylic acids is 2. The van der Waals surface area contributed by atoms with E-state index in [9.17, 15) is 29.4 Å². The SMILES string of the molecule is O=C([O-])C(=O)c1ccccc1.O=C([O-])C(=O)c1ccccc1.[Mg+2]. The van der Waals surface area contributed by atoms with Crippen molar-refractivity contribution in [1.29, 1.82) is 0 Å². The predicted molar refractivity (Wildman–Crippen MR) is 77.3 cm³/mol. The summed E-state index contributed by atoms with van der Waals surface area (Å²) in [4.78, 5) is 41.4. The molecule has 0 aliphatic heterocycles. The molecular formula is C16H10MgO6. The average Bonchev–Trinajstić information content (AvgIpc) is 2.55. The summed E-state index contributed by atoms with van der Waals surface area (Å²) in [6, 6.07) is 15.5. The van der Waals surface area contributed by atoms with Gasteiger partial charge in [0.1, 0.15) is 11.9 Å². The molecule has 0 radical (unpaired) electrons. The van der Waals surface area contributed by atoms with Gasteiger partial charge in [0, 0.05) is 11.1 Å². The molecule has 6 nitrogen and oxygen atoms in total. The normalized spacial score (nSPS) is 8.70. The molecule has 0 N–H and O–H groups in total. The van der Waals surface area contributed by atoms with Crippen molar-refractivity contribution < 1.29 is 29.4 Å². The van der Waals surface area contributed by atoms with E-state index in [0.717, 1.165) is 0 Å². The molecule has 0 saturated carbocycles. The number of carbonyl (C=O) groups is 4. The first-order chi connectivity index (χ1) is 10.4. The van der Waals surface area contributed by atoms with Gasteiger partial charge in [-0.3, -0.25) is 9.59 Å². The van der Waals surface area contributed by atoms with Gasteiger partial charge in [-0.05, 0) is 0 Å². The molecule has 0 saturated heterocycles. The zero-order chi connectivity index (χ0) is 16.5. The summed E-state index contributed by atoms with van der Waals surface area (Å²) < 4.78 is 0. The van der Waals surface area contributed by atoms with Crippen LogP contribution in [0.15, 0.2) is 60.7 Å². The second kappa shape index (κ2) is 10.3. The maximum absolute atomic E-state index is 10.7. The van der Waals surface area contributed by atoms with Crippen molar-refractivity contribution in [2.24, 2.45) is 0 Å². The number of carbonyl (C=O) groups excluding carboxylic acids is 4. The summed E-state index contributed by atoms with van der Waals surface area (Å²) in [5, 5.41) is 20.1. The quantitative estimate of drug-likeness (QED) is 0.399. The Kier molecular flexibility index (Phi) is 9.13. The monoisotopic (exact) mass is 322 g/mol. The topological polar surface area (TPSA) is 114 Å². The van der Waals surface area contributed by atoms with Crippen molar-refractivity contribution in [3.8, 4) is 0 Å². The van der Waals surface area contributed by atoms with Gasteiger partial charge in [0.25, 0.3) is 0 Å². The zero-order valence-corrected chi connectivity index (χ0v) is 13.3. The van der Waals surface area contributed by atoms with E-state index >= 15 is 0 Å². The Morgan fingerprint density at radius 3 is 1.04 bits per heavy atom. The number of ketones is 2. The third kappa shape index (κ3) is 6.85. The van der Waals surface area contributed by atoms with Gasteiger partial charge in [0.15, 0.2) is 0 Å². The molecular weight excluding hydrogens is 312 g/mol. The molecule has 0 aliphatic rings. The van der Waals surface area contributed by atoms with Gasteiger partial charge in [-0.2, -0.15) is 0 Å². The number of carboxylic acids is 2. The van der Waals surface area contributed by atoms with Crippen molar-refractivity contribution in [3.63, 3.8) is 0 Å². The van der Waals surface area contributed by atoms with Crippen molar-refractivity contribution in [2.75, 3.05) is 0 Å². The second-order valence-electron chi connectivity index (χ2n) is 3.97. The molecule has 0 heterocycles. The van der Waals surface area contributed by atoms with E-state index < -0.39 is 23.5 Å². The van der Waals surface area contributed by atoms with Crippen LogP contribution in [-0.2, 0) is 9.59 Å². The average molecular weight is 323 g/mol. The molecule has 0 unspecified atom stereocenters. The third-order valence-corrected chi connectivity index (χ3v) is 2.44. The molecule has 23 heavy (non-hydrogen) atoms. The van der Waals surface area contributed by atoms with Crippen LogP contribution in [0.25, 0.3) is 0 Å². The van der Waals surface area contributed by atoms with Gasteiger partial charge < -0.3 is 19.8 Å². The van der Waals surface area contributed by atoms with E-state index in [1.807, 2.05) is 0 Å². The Labute approximate surface area is 147 Å². The van der Waals surface area contributed by atoms with Crippen molar-refractivity contribution in [3.05, 3.63) is 71.8 Å². The van der Waals surface area contributed by atoms with Crippen LogP contribution in [0.2, 0.25) is 0 Å². The zero-order valence-electron chi connectivity index (χ0n) is 11.9. The number of benzene rings is 2. The summed E-state index contributed by atoms with van der Waals surface area (Å²) in [5.41, 5.74) is 0.292. The fraction of sp³-hybridized carbons (Fsp3) is 0. The summed E-state index contributed by atoms with van der Waals surface area (Å²) in [5.74, 6) is -5.30. The first-order valence-corrected chi connectivity index (χ1v) is 6.05. The molecule has 112 valence electrons. The maximum atomic E-state index is 10.7. The van der Waals surface area contributed by atoms with Gasteiger partial charge in [-0.1, -0.05) is 60.7 Å². The van der Waals surface area contributed by atoms with Crippen LogP contribution < -0.4 is 10.2 Å².